The molecule has 5 heteroatoms. The van der Waals surface area contributed by atoms with Crippen molar-refractivity contribution in [1.29, 1.82) is 0 Å². The van der Waals surface area contributed by atoms with E-state index in [0.717, 1.165) is 12.8 Å². The lowest BCUT2D eigenvalue weighted by Crippen LogP contribution is -2.32. The Labute approximate surface area is 90.7 Å². The highest BCUT2D eigenvalue weighted by molar-refractivity contribution is 7.92. The van der Waals surface area contributed by atoms with E-state index in [-0.39, 0.29) is 11.7 Å². The van der Waals surface area contributed by atoms with Gasteiger partial charge in [0.2, 0.25) is 5.91 Å². The lowest BCUT2D eigenvalue weighted by atomic mass is 10.4. The van der Waals surface area contributed by atoms with Crippen LogP contribution in [0, 0.1) is 5.92 Å². The van der Waals surface area contributed by atoms with E-state index in [2.05, 4.69) is 5.32 Å². The molecule has 1 N–H and O–H groups in total. The van der Waals surface area contributed by atoms with Gasteiger partial charge in [-0.25, -0.2) is 8.42 Å². The standard InChI is InChI=1S/C10H17NO3S/c1-2-3-6-15(13,14)8-10(12)11-7-9-4-5-9/h2-3,9H,4-8H2,1H3,(H,11,12)/b3-2+. The van der Waals surface area contributed by atoms with Crippen LogP contribution in [0.15, 0.2) is 12.2 Å². The van der Waals surface area contributed by atoms with Crippen molar-refractivity contribution in [2.75, 3.05) is 18.1 Å². The zero-order valence-corrected chi connectivity index (χ0v) is 9.72. The molecule has 0 unspecified atom stereocenters. The first kappa shape index (κ1) is 12.2. The first-order valence-electron chi connectivity index (χ1n) is 5.12. The number of nitrogens with one attached hydrogen (secondary N) is 1. The van der Waals surface area contributed by atoms with E-state index in [4.69, 9.17) is 0 Å². The highest BCUT2D eigenvalue weighted by atomic mass is 32.2. The minimum absolute atomic E-state index is 0.0552. The Morgan fingerprint density at radius 3 is 2.67 bits per heavy atom. The molecule has 4 nitrogen and oxygen atoms in total. The van der Waals surface area contributed by atoms with Gasteiger partial charge in [0.1, 0.15) is 5.75 Å². The van der Waals surface area contributed by atoms with E-state index in [1.54, 1.807) is 19.1 Å². The maximum Gasteiger partial charge on any atom is 0.235 e. The zero-order valence-electron chi connectivity index (χ0n) is 8.90. The molecule has 0 bridgehead atoms. The van der Waals surface area contributed by atoms with Crippen LogP contribution in [0.3, 0.4) is 0 Å². The number of amides is 1. The van der Waals surface area contributed by atoms with E-state index in [1.807, 2.05) is 0 Å². The Kier molecular flexibility index (Phi) is 4.32. The molecule has 1 saturated carbocycles. The molecule has 86 valence electrons. The maximum atomic E-state index is 11.3. The van der Waals surface area contributed by atoms with Crippen LogP contribution < -0.4 is 5.32 Å². The van der Waals surface area contributed by atoms with Gasteiger partial charge in [0.05, 0.1) is 5.75 Å². The van der Waals surface area contributed by atoms with Crippen molar-refractivity contribution in [3.05, 3.63) is 12.2 Å². The summed E-state index contributed by atoms with van der Waals surface area (Å²) in [6.07, 6.45) is 5.50. The third kappa shape index (κ3) is 5.57. The van der Waals surface area contributed by atoms with Crippen LogP contribution in [0.2, 0.25) is 0 Å². The number of rotatable bonds is 6. The molecule has 0 heterocycles. The van der Waals surface area contributed by atoms with Crippen LogP contribution in [0.1, 0.15) is 19.8 Å². The molecule has 1 aliphatic rings. The molecule has 0 radical (unpaired) electrons. The molecule has 1 aliphatic carbocycles. The first-order chi connectivity index (χ1) is 7.03. The smallest absolute Gasteiger partial charge is 0.235 e. The maximum absolute atomic E-state index is 11.3. The summed E-state index contributed by atoms with van der Waals surface area (Å²) in [5.74, 6) is -0.261. The van der Waals surface area contributed by atoms with Crippen molar-refractivity contribution in [2.24, 2.45) is 5.92 Å². The molecule has 0 aromatic heterocycles. The Hall–Kier alpha value is -0.840. The normalized spacial score (nSPS) is 16.9. The number of sulfone groups is 1. The molecule has 0 atom stereocenters. The molecule has 0 aromatic rings. The molecule has 0 aromatic carbocycles. The summed E-state index contributed by atoms with van der Waals surface area (Å²) >= 11 is 0. The van der Waals surface area contributed by atoms with Crippen molar-refractivity contribution < 1.29 is 13.2 Å². The predicted molar refractivity (Wildman–Crippen MR) is 59.2 cm³/mol. The van der Waals surface area contributed by atoms with Crippen LogP contribution >= 0.6 is 0 Å². The average molecular weight is 231 g/mol. The lowest BCUT2D eigenvalue weighted by Gasteiger charge is -2.03. The summed E-state index contributed by atoms with van der Waals surface area (Å²) < 4.78 is 22.7. The summed E-state index contributed by atoms with van der Waals surface area (Å²) in [5, 5.41) is 2.63. The number of allylic oxidation sites excluding steroid dienone is 1. The fourth-order valence-corrected chi connectivity index (χ4v) is 2.24. The Bertz CT molecular complexity index is 342. The second-order valence-corrected chi connectivity index (χ2v) is 5.98. The quantitative estimate of drug-likeness (QED) is 0.677. The monoisotopic (exact) mass is 231 g/mol. The highest BCUT2D eigenvalue weighted by Crippen LogP contribution is 2.27. The SMILES string of the molecule is C/C=C/CS(=O)(=O)CC(=O)NCC1CC1. The number of carbonyl (C=O) groups excluding carboxylic acids is 1. The van der Waals surface area contributed by atoms with Gasteiger partial charge < -0.3 is 5.32 Å². The summed E-state index contributed by atoms with van der Waals surface area (Å²) in [7, 11) is -3.27. The van der Waals surface area contributed by atoms with Crippen molar-refractivity contribution in [3.63, 3.8) is 0 Å². The van der Waals surface area contributed by atoms with Crippen molar-refractivity contribution >= 4 is 15.7 Å². The summed E-state index contributed by atoms with van der Waals surface area (Å²) in [6.45, 7) is 2.38. The van der Waals surface area contributed by atoms with Crippen LogP contribution in [0.5, 0.6) is 0 Å². The van der Waals surface area contributed by atoms with Gasteiger partial charge >= 0.3 is 0 Å². The summed E-state index contributed by atoms with van der Waals surface area (Å²) in [4.78, 5) is 11.2. The van der Waals surface area contributed by atoms with Gasteiger partial charge in [-0.1, -0.05) is 12.2 Å². The van der Waals surface area contributed by atoms with E-state index in [0.29, 0.717) is 12.5 Å². The predicted octanol–water partition coefficient (Wildman–Crippen LogP) is 0.503. The Morgan fingerprint density at radius 2 is 2.13 bits per heavy atom. The molecule has 1 fully saturated rings. The second-order valence-electron chi connectivity index (χ2n) is 3.87. The average Bonchev–Trinajstić information content (AvgIpc) is 2.94. The van der Waals surface area contributed by atoms with Gasteiger partial charge in [-0.3, -0.25) is 4.79 Å². The van der Waals surface area contributed by atoms with Crippen LogP contribution in [0.25, 0.3) is 0 Å². The highest BCUT2D eigenvalue weighted by Gasteiger charge is 2.22. The van der Waals surface area contributed by atoms with Gasteiger partial charge in [-0.2, -0.15) is 0 Å². The largest absolute Gasteiger partial charge is 0.355 e. The minimum Gasteiger partial charge on any atom is -0.355 e. The van der Waals surface area contributed by atoms with Gasteiger partial charge in [-0.05, 0) is 25.7 Å². The minimum atomic E-state index is -3.27. The van der Waals surface area contributed by atoms with Gasteiger partial charge in [0.25, 0.3) is 0 Å². The number of carbonyl (C=O) groups is 1. The van der Waals surface area contributed by atoms with Crippen LogP contribution in [-0.2, 0) is 14.6 Å². The van der Waals surface area contributed by atoms with E-state index >= 15 is 0 Å². The molecular weight excluding hydrogens is 214 g/mol. The third-order valence-corrected chi connectivity index (χ3v) is 3.62. The number of hydrogen-bond donors (Lipinski definition) is 1. The van der Waals surface area contributed by atoms with E-state index in [1.165, 1.54) is 0 Å². The lowest BCUT2D eigenvalue weighted by molar-refractivity contribution is -0.118. The molecule has 1 amide bonds. The van der Waals surface area contributed by atoms with E-state index in [9.17, 15) is 13.2 Å². The molecular formula is C10H17NO3S. The van der Waals surface area contributed by atoms with Crippen molar-refractivity contribution in [1.82, 2.24) is 5.32 Å². The molecule has 1 rings (SSSR count). The molecule has 0 saturated heterocycles. The summed E-state index contributed by atoms with van der Waals surface area (Å²) in [5.41, 5.74) is 0. The zero-order chi connectivity index (χ0) is 11.3. The fraction of sp³-hybridized carbons (Fsp3) is 0.700. The van der Waals surface area contributed by atoms with Gasteiger partial charge in [-0.15, -0.1) is 0 Å². The van der Waals surface area contributed by atoms with Crippen molar-refractivity contribution in [3.8, 4) is 0 Å². The molecule has 0 aliphatic heterocycles. The third-order valence-electron chi connectivity index (χ3n) is 2.22. The topological polar surface area (TPSA) is 63.2 Å². The number of hydrogen-bond acceptors (Lipinski definition) is 3. The van der Waals surface area contributed by atoms with Gasteiger partial charge in [0, 0.05) is 6.54 Å². The Balaban J connectivity index is 2.28. The van der Waals surface area contributed by atoms with Crippen LogP contribution in [-0.4, -0.2) is 32.4 Å². The van der Waals surface area contributed by atoms with Crippen molar-refractivity contribution in [2.45, 2.75) is 19.8 Å². The Morgan fingerprint density at radius 1 is 1.47 bits per heavy atom. The van der Waals surface area contributed by atoms with Gasteiger partial charge in [0.15, 0.2) is 9.84 Å². The molecule has 15 heavy (non-hydrogen) atoms. The molecule has 0 spiro atoms. The van der Waals surface area contributed by atoms with E-state index < -0.39 is 15.6 Å². The summed E-state index contributed by atoms with van der Waals surface area (Å²) in [6, 6.07) is 0. The van der Waals surface area contributed by atoms with Crippen LogP contribution in [0.4, 0.5) is 0 Å². The second kappa shape index (κ2) is 5.30. The fourth-order valence-electron chi connectivity index (χ4n) is 1.13. The first-order valence-corrected chi connectivity index (χ1v) is 6.94.